The highest BCUT2D eigenvalue weighted by atomic mass is 16.5. The fourth-order valence-corrected chi connectivity index (χ4v) is 1.68. The SMILES string of the molecule is N#Cc1ccc(C=CCNC(=O)OCc2ccccc2)cn1. The Morgan fingerprint density at radius 3 is 2.77 bits per heavy atom. The van der Waals surface area contributed by atoms with Gasteiger partial charge in [0, 0.05) is 12.7 Å². The molecule has 0 spiro atoms. The van der Waals surface area contributed by atoms with E-state index in [-0.39, 0.29) is 6.61 Å². The van der Waals surface area contributed by atoms with Gasteiger partial charge in [-0.3, -0.25) is 0 Å². The van der Waals surface area contributed by atoms with Crippen LogP contribution in [-0.4, -0.2) is 17.6 Å². The molecule has 1 amide bonds. The molecule has 0 saturated carbocycles. The van der Waals surface area contributed by atoms with E-state index in [2.05, 4.69) is 10.3 Å². The van der Waals surface area contributed by atoms with E-state index in [0.29, 0.717) is 12.2 Å². The number of nitrogens with zero attached hydrogens (tertiary/aromatic N) is 2. The first kappa shape index (κ1) is 15.3. The standard InChI is InChI=1S/C17H15N3O2/c18-11-16-9-8-14(12-20-16)7-4-10-19-17(21)22-13-15-5-2-1-3-6-15/h1-9,12H,10,13H2,(H,19,21). The lowest BCUT2D eigenvalue weighted by molar-refractivity contribution is 0.141. The number of hydrogen-bond acceptors (Lipinski definition) is 4. The van der Waals surface area contributed by atoms with Gasteiger partial charge < -0.3 is 10.1 Å². The zero-order valence-corrected chi connectivity index (χ0v) is 11.9. The number of carbonyl (C=O) groups excluding carboxylic acids is 1. The van der Waals surface area contributed by atoms with Crippen molar-refractivity contribution in [2.24, 2.45) is 0 Å². The first-order valence-electron chi connectivity index (χ1n) is 6.75. The van der Waals surface area contributed by atoms with Crippen LogP contribution < -0.4 is 5.32 Å². The molecule has 0 fully saturated rings. The summed E-state index contributed by atoms with van der Waals surface area (Å²) in [5, 5.41) is 11.3. The summed E-state index contributed by atoms with van der Waals surface area (Å²) < 4.78 is 5.08. The van der Waals surface area contributed by atoms with Gasteiger partial charge in [-0.05, 0) is 17.2 Å². The number of carbonyl (C=O) groups is 1. The molecular weight excluding hydrogens is 278 g/mol. The molecule has 1 heterocycles. The van der Waals surface area contributed by atoms with Gasteiger partial charge in [-0.15, -0.1) is 0 Å². The zero-order valence-electron chi connectivity index (χ0n) is 11.9. The quantitative estimate of drug-likeness (QED) is 0.919. The number of rotatable bonds is 5. The normalized spacial score (nSPS) is 10.1. The van der Waals surface area contributed by atoms with Crippen molar-refractivity contribution in [3.8, 4) is 6.07 Å². The molecule has 1 N–H and O–H groups in total. The maximum atomic E-state index is 11.5. The van der Waals surface area contributed by atoms with E-state index in [0.717, 1.165) is 11.1 Å². The highest BCUT2D eigenvalue weighted by Gasteiger charge is 2.00. The van der Waals surface area contributed by atoms with Crippen molar-refractivity contribution in [3.63, 3.8) is 0 Å². The van der Waals surface area contributed by atoms with E-state index in [1.54, 1.807) is 24.4 Å². The van der Waals surface area contributed by atoms with Crippen molar-refractivity contribution in [2.75, 3.05) is 6.54 Å². The van der Waals surface area contributed by atoms with Crippen LogP contribution in [0, 0.1) is 11.3 Å². The number of pyridine rings is 1. The fraction of sp³-hybridized carbons (Fsp3) is 0.118. The fourth-order valence-electron chi connectivity index (χ4n) is 1.68. The Labute approximate surface area is 128 Å². The monoisotopic (exact) mass is 293 g/mol. The van der Waals surface area contributed by atoms with E-state index in [9.17, 15) is 4.79 Å². The minimum absolute atomic E-state index is 0.246. The van der Waals surface area contributed by atoms with Crippen molar-refractivity contribution in [1.29, 1.82) is 5.26 Å². The maximum Gasteiger partial charge on any atom is 0.407 e. The maximum absolute atomic E-state index is 11.5. The molecule has 0 aliphatic carbocycles. The van der Waals surface area contributed by atoms with Crippen LogP contribution in [0.1, 0.15) is 16.8 Å². The second kappa shape index (κ2) is 8.22. The van der Waals surface area contributed by atoms with E-state index in [1.807, 2.05) is 42.5 Å². The number of nitriles is 1. The number of amides is 1. The van der Waals surface area contributed by atoms with Crippen molar-refractivity contribution < 1.29 is 9.53 Å². The third-order valence-corrected chi connectivity index (χ3v) is 2.79. The topological polar surface area (TPSA) is 75.0 Å². The average Bonchev–Trinajstić information content (AvgIpc) is 2.58. The molecule has 110 valence electrons. The number of benzene rings is 1. The minimum atomic E-state index is -0.466. The predicted octanol–water partition coefficient (Wildman–Crippen LogP) is 2.89. The second-order valence-corrected chi connectivity index (χ2v) is 4.43. The summed E-state index contributed by atoms with van der Waals surface area (Å²) >= 11 is 0. The first-order chi connectivity index (χ1) is 10.8. The molecule has 2 rings (SSSR count). The molecule has 0 aliphatic rings. The molecular formula is C17H15N3O2. The Hall–Kier alpha value is -3.13. The lowest BCUT2D eigenvalue weighted by atomic mass is 10.2. The molecule has 0 aliphatic heterocycles. The van der Waals surface area contributed by atoms with Crippen LogP contribution in [0.3, 0.4) is 0 Å². The third-order valence-electron chi connectivity index (χ3n) is 2.79. The number of alkyl carbamates (subject to hydrolysis) is 1. The average molecular weight is 293 g/mol. The van der Waals surface area contributed by atoms with Crippen LogP contribution in [0.2, 0.25) is 0 Å². The molecule has 5 heteroatoms. The summed E-state index contributed by atoms with van der Waals surface area (Å²) in [4.78, 5) is 15.4. The summed E-state index contributed by atoms with van der Waals surface area (Å²) in [5.74, 6) is 0. The van der Waals surface area contributed by atoms with Gasteiger partial charge in [-0.25, -0.2) is 9.78 Å². The second-order valence-electron chi connectivity index (χ2n) is 4.43. The van der Waals surface area contributed by atoms with Gasteiger partial charge >= 0.3 is 6.09 Å². The lowest BCUT2D eigenvalue weighted by Crippen LogP contribution is -2.24. The molecule has 0 saturated heterocycles. The van der Waals surface area contributed by atoms with Crippen LogP contribution in [0.15, 0.2) is 54.7 Å². The highest BCUT2D eigenvalue weighted by Crippen LogP contribution is 2.02. The minimum Gasteiger partial charge on any atom is -0.445 e. The molecule has 0 radical (unpaired) electrons. The van der Waals surface area contributed by atoms with Gasteiger partial charge in [0.1, 0.15) is 18.4 Å². The molecule has 1 aromatic heterocycles. The predicted molar refractivity (Wildman–Crippen MR) is 82.6 cm³/mol. The molecule has 2 aromatic rings. The summed E-state index contributed by atoms with van der Waals surface area (Å²) in [5.41, 5.74) is 2.18. The van der Waals surface area contributed by atoms with Gasteiger partial charge in [-0.2, -0.15) is 5.26 Å². The summed E-state index contributed by atoms with van der Waals surface area (Å²) in [6.45, 7) is 0.601. The van der Waals surface area contributed by atoms with Crippen LogP contribution >= 0.6 is 0 Å². The Bertz CT molecular complexity index is 673. The van der Waals surface area contributed by atoms with Crippen molar-refractivity contribution >= 4 is 12.2 Å². The number of nitrogens with one attached hydrogen (secondary N) is 1. The number of aromatic nitrogens is 1. The van der Waals surface area contributed by atoms with Crippen LogP contribution in [0.4, 0.5) is 4.79 Å². The third kappa shape index (κ3) is 5.10. The van der Waals surface area contributed by atoms with E-state index in [1.165, 1.54) is 0 Å². The van der Waals surface area contributed by atoms with Gasteiger partial charge in [-0.1, -0.05) is 48.6 Å². The van der Waals surface area contributed by atoms with Gasteiger partial charge in [0.15, 0.2) is 0 Å². The summed E-state index contributed by atoms with van der Waals surface area (Å²) in [7, 11) is 0. The molecule has 22 heavy (non-hydrogen) atoms. The molecule has 5 nitrogen and oxygen atoms in total. The number of ether oxygens (including phenoxy) is 1. The number of hydrogen-bond donors (Lipinski definition) is 1. The summed E-state index contributed by atoms with van der Waals surface area (Å²) in [6.07, 6.45) is 4.73. The van der Waals surface area contributed by atoms with Crippen molar-refractivity contribution in [1.82, 2.24) is 10.3 Å². The first-order valence-corrected chi connectivity index (χ1v) is 6.75. The zero-order chi connectivity index (χ0) is 15.6. The lowest BCUT2D eigenvalue weighted by Gasteiger charge is -2.05. The van der Waals surface area contributed by atoms with E-state index < -0.39 is 6.09 Å². The Balaban J connectivity index is 1.70. The Morgan fingerprint density at radius 2 is 2.09 bits per heavy atom. The summed E-state index contributed by atoms with van der Waals surface area (Å²) in [6, 6.07) is 14.9. The van der Waals surface area contributed by atoms with Gasteiger partial charge in [0.05, 0.1) is 0 Å². The van der Waals surface area contributed by atoms with Crippen molar-refractivity contribution in [3.05, 3.63) is 71.6 Å². The van der Waals surface area contributed by atoms with Crippen molar-refractivity contribution in [2.45, 2.75) is 6.61 Å². The molecule has 0 unspecified atom stereocenters. The molecule has 0 bridgehead atoms. The van der Waals surface area contributed by atoms with E-state index >= 15 is 0 Å². The molecule has 0 atom stereocenters. The van der Waals surface area contributed by atoms with Crippen LogP contribution in [-0.2, 0) is 11.3 Å². The Morgan fingerprint density at radius 1 is 1.27 bits per heavy atom. The molecule has 1 aromatic carbocycles. The smallest absolute Gasteiger partial charge is 0.407 e. The largest absolute Gasteiger partial charge is 0.445 e. The van der Waals surface area contributed by atoms with Crippen LogP contribution in [0.5, 0.6) is 0 Å². The van der Waals surface area contributed by atoms with Gasteiger partial charge in [0.25, 0.3) is 0 Å². The van der Waals surface area contributed by atoms with Crippen LogP contribution in [0.25, 0.3) is 6.08 Å². The van der Waals surface area contributed by atoms with Gasteiger partial charge in [0.2, 0.25) is 0 Å². The highest BCUT2D eigenvalue weighted by molar-refractivity contribution is 5.67. The van der Waals surface area contributed by atoms with E-state index in [4.69, 9.17) is 10.00 Å². The Kier molecular flexibility index (Phi) is 5.70.